The quantitative estimate of drug-likeness (QED) is 0.868. The van der Waals surface area contributed by atoms with Crippen LogP contribution in [0.3, 0.4) is 0 Å². The average molecular weight is 285 g/mol. The van der Waals surface area contributed by atoms with Crippen LogP contribution in [0.2, 0.25) is 0 Å². The van der Waals surface area contributed by atoms with Crippen LogP contribution < -0.4 is 10.1 Å². The molecule has 3 heteroatoms. The number of phenolic OH excluding ortho intramolecular Hbond substituents is 1. The van der Waals surface area contributed by atoms with Gasteiger partial charge in [-0.15, -0.1) is 0 Å². The van der Waals surface area contributed by atoms with Crippen LogP contribution in [0, 0.1) is 6.92 Å². The van der Waals surface area contributed by atoms with E-state index in [1.807, 2.05) is 25.1 Å². The van der Waals surface area contributed by atoms with E-state index >= 15 is 0 Å². The van der Waals surface area contributed by atoms with Crippen molar-refractivity contribution < 1.29 is 9.84 Å². The lowest BCUT2D eigenvalue weighted by Crippen LogP contribution is -2.23. The average Bonchev–Trinajstić information content (AvgIpc) is 2.48. The second-order valence-electron chi connectivity index (χ2n) is 5.39. The lowest BCUT2D eigenvalue weighted by molar-refractivity contribution is 0.405. The number of aryl methyl sites for hydroxylation is 1. The molecule has 0 aliphatic carbocycles. The van der Waals surface area contributed by atoms with Crippen molar-refractivity contribution in [1.29, 1.82) is 0 Å². The molecule has 0 saturated heterocycles. The molecular formula is C18H23NO2. The Balaban J connectivity index is 2.18. The highest BCUT2D eigenvalue weighted by molar-refractivity contribution is 5.41. The van der Waals surface area contributed by atoms with Crippen molar-refractivity contribution in [3.63, 3.8) is 0 Å². The zero-order chi connectivity index (χ0) is 15.4. The first kappa shape index (κ1) is 15.4. The molecule has 0 amide bonds. The molecule has 2 atom stereocenters. The molecular weight excluding hydrogens is 262 g/mol. The summed E-state index contributed by atoms with van der Waals surface area (Å²) in [6, 6.07) is 13.9. The van der Waals surface area contributed by atoms with Gasteiger partial charge in [0, 0.05) is 17.6 Å². The van der Waals surface area contributed by atoms with Crippen molar-refractivity contribution in [2.24, 2.45) is 0 Å². The van der Waals surface area contributed by atoms with E-state index in [1.54, 1.807) is 19.2 Å². The van der Waals surface area contributed by atoms with Gasteiger partial charge < -0.3 is 15.2 Å². The van der Waals surface area contributed by atoms with E-state index in [0.717, 1.165) is 11.3 Å². The minimum atomic E-state index is 0.0229. The van der Waals surface area contributed by atoms with Gasteiger partial charge in [0.2, 0.25) is 0 Å². The molecule has 0 spiro atoms. The van der Waals surface area contributed by atoms with Crippen molar-refractivity contribution in [3.8, 4) is 11.5 Å². The van der Waals surface area contributed by atoms with Gasteiger partial charge in [0.05, 0.1) is 7.11 Å². The van der Waals surface area contributed by atoms with Crippen LogP contribution in [-0.4, -0.2) is 12.2 Å². The number of phenols is 1. The van der Waals surface area contributed by atoms with Gasteiger partial charge >= 0.3 is 0 Å². The number of rotatable bonds is 5. The number of nitrogens with one attached hydrogen (secondary N) is 1. The standard InChI is InChI=1S/C18H23NO2/c1-12-7-5-6-8-16(12)13(2)19-14(3)17-11-15(21-4)9-10-18(17)20/h5-11,13-14,19-20H,1-4H3/t13-,14?/m0/s1. The molecule has 2 N–H and O–H groups in total. The Morgan fingerprint density at radius 3 is 2.33 bits per heavy atom. The van der Waals surface area contributed by atoms with Crippen LogP contribution in [0.15, 0.2) is 42.5 Å². The fourth-order valence-electron chi connectivity index (χ4n) is 2.63. The Morgan fingerprint density at radius 2 is 1.67 bits per heavy atom. The molecule has 0 saturated carbocycles. The number of methoxy groups -OCH3 is 1. The summed E-state index contributed by atoms with van der Waals surface area (Å²) >= 11 is 0. The molecule has 0 radical (unpaired) electrons. The summed E-state index contributed by atoms with van der Waals surface area (Å²) in [4.78, 5) is 0. The second-order valence-corrected chi connectivity index (χ2v) is 5.39. The molecule has 2 aromatic carbocycles. The van der Waals surface area contributed by atoms with Crippen LogP contribution in [0.4, 0.5) is 0 Å². The number of hydrogen-bond acceptors (Lipinski definition) is 3. The highest BCUT2D eigenvalue weighted by atomic mass is 16.5. The third-order valence-corrected chi connectivity index (χ3v) is 3.86. The van der Waals surface area contributed by atoms with Crippen molar-refractivity contribution in [1.82, 2.24) is 5.32 Å². The number of aromatic hydroxyl groups is 1. The van der Waals surface area contributed by atoms with Crippen LogP contribution in [0.25, 0.3) is 0 Å². The monoisotopic (exact) mass is 285 g/mol. The van der Waals surface area contributed by atoms with Crippen molar-refractivity contribution in [2.75, 3.05) is 7.11 Å². The fraction of sp³-hybridized carbons (Fsp3) is 0.333. The zero-order valence-electron chi connectivity index (χ0n) is 13.1. The summed E-state index contributed by atoms with van der Waals surface area (Å²) in [5.41, 5.74) is 3.38. The van der Waals surface area contributed by atoms with E-state index in [2.05, 4.69) is 31.3 Å². The minimum Gasteiger partial charge on any atom is -0.508 e. The van der Waals surface area contributed by atoms with Gasteiger partial charge in [0.1, 0.15) is 11.5 Å². The predicted octanol–water partition coefficient (Wildman–Crippen LogP) is 4.12. The molecule has 21 heavy (non-hydrogen) atoms. The van der Waals surface area contributed by atoms with Gasteiger partial charge in [0.25, 0.3) is 0 Å². The van der Waals surface area contributed by atoms with Gasteiger partial charge in [-0.25, -0.2) is 0 Å². The zero-order valence-corrected chi connectivity index (χ0v) is 13.1. The Bertz CT molecular complexity index is 610. The maximum absolute atomic E-state index is 10.0. The van der Waals surface area contributed by atoms with Gasteiger partial charge in [-0.2, -0.15) is 0 Å². The molecule has 0 aliphatic heterocycles. The molecule has 0 heterocycles. The first-order valence-electron chi connectivity index (χ1n) is 7.21. The normalized spacial score (nSPS) is 13.7. The molecule has 112 valence electrons. The largest absolute Gasteiger partial charge is 0.508 e. The van der Waals surface area contributed by atoms with Crippen LogP contribution in [-0.2, 0) is 0 Å². The molecule has 2 rings (SSSR count). The Labute approximate surface area is 126 Å². The Hall–Kier alpha value is -2.00. The summed E-state index contributed by atoms with van der Waals surface area (Å²) in [5, 5.41) is 13.6. The molecule has 1 unspecified atom stereocenters. The SMILES string of the molecule is COc1ccc(O)c(C(C)N[C@@H](C)c2ccccc2C)c1. The van der Waals surface area contributed by atoms with Crippen molar-refractivity contribution >= 4 is 0 Å². The molecule has 0 fully saturated rings. The van der Waals surface area contributed by atoms with E-state index in [1.165, 1.54) is 11.1 Å². The molecule has 0 aromatic heterocycles. The number of ether oxygens (including phenoxy) is 1. The summed E-state index contributed by atoms with van der Waals surface area (Å²) in [6.07, 6.45) is 0. The third kappa shape index (κ3) is 3.56. The predicted molar refractivity (Wildman–Crippen MR) is 85.8 cm³/mol. The van der Waals surface area contributed by atoms with Gasteiger partial charge in [-0.1, -0.05) is 24.3 Å². The van der Waals surface area contributed by atoms with Gasteiger partial charge in [-0.3, -0.25) is 0 Å². The molecule has 3 nitrogen and oxygen atoms in total. The summed E-state index contributed by atoms with van der Waals surface area (Å²) in [6.45, 7) is 6.29. The summed E-state index contributed by atoms with van der Waals surface area (Å²) < 4.78 is 5.23. The van der Waals surface area contributed by atoms with Crippen LogP contribution in [0.5, 0.6) is 11.5 Å². The Morgan fingerprint density at radius 1 is 1.00 bits per heavy atom. The van der Waals surface area contributed by atoms with Crippen molar-refractivity contribution in [3.05, 3.63) is 59.2 Å². The van der Waals surface area contributed by atoms with E-state index in [0.29, 0.717) is 0 Å². The highest BCUT2D eigenvalue weighted by Crippen LogP contribution is 2.30. The van der Waals surface area contributed by atoms with Gasteiger partial charge in [-0.05, 0) is 50.1 Å². The van der Waals surface area contributed by atoms with E-state index < -0.39 is 0 Å². The summed E-state index contributed by atoms with van der Waals surface area (Å²) in [7, 11) is 1.63. The molecule has 0 aliphatic rings. The third-order valence-electron chi connectivity index (χ3n) is 3.86. The van der Waals surface area contributed by atoms with Crippen LogP contribution >= 0.6 is 0 Å². The lowest BCUT2D eigenvalue weighted by atomic mass is 10.00. The maximum Gasteiger partial charge on any atom is 0.120 e. The first-order valence-corrected chi connectivity index (χ1v) is 7.21. The summed E-state index contributed by atoms with van der Waals surface area (Å²) in [5.74, 6) is 1.03. The molecule has 0 bridgehead atoms. The van der Waals surface area contributed by atoms with E-state index in [-0.39, 0.29) is 17.8 Å². The lowest BCUT2D eigenvalue weighted by Gasteiger charge is -2.23. The molecule has 2 aromatic rings. The van der Waals surface area contributed by atoms with Crippen molar-refractivity contribution in [2.45, 2.75) is 32.9 Å². The number of benzene rings is 2. The topological polar surface area (TPSA) is 41.5 Å². The fourth-order valence-corrected chi connectivity index (χ4v) is 2.63. The number of hydrogen-bond donors (Lipinski definition) is 2. The van der Waals surface area contributed by atoms with E-state index in [9.17, 15) is 5.11 Å². The van der Waals surface area contributed by atoms with Crippen LogP contribution in [0.1, 0.15) is 42.6 Å². The van der Waals surface area contributed by atoms with E-state index in [4.69, 9.17) is 4.74 Å². The second kappa shape index (κ2) is 6.64. The first-order chi connectivity index (χ1) is 10.0. The Kier molecular flexibility index (Phi) is 4.86. The smallest absolute Gasteiger partial charge is 0.120 e. The maximum atomic E-state index is 10.0. The minimum absolute atomic E-state index is 0.0229. The highest BCUT2D eigenvalue weighted by Gasteiger charge is 2.16. The van der Waals surface area contributed by atoms with Gasteiger partial charge in [0.15, 0.2) is 0 Å².